The molecule has 0 saturated carbocycles. The number of imide groups is 1. The van der Waals surface area contributed by atoms with E-state index in [9.17, 15) is 33.6 Å². The predicted octanol–water partition coefficient (Wildman–Crippen LogP) is 3.38. The lowest BCUT2D eigenvalue weighted by Crippen LogP contribution is -2.74. The molecule has 57 heavy (non-hydrogen) atoms. The Bertz CT molecular complexity index is 2010. The average Bonchev–Trinajstić information content (AvgIpc) is 3.46. The van der Waals surface area contributed by atoms with Gasteiger partial charge in [-0.05, 0) is 48.6 Å². The number of rotatable bonds is 17. The number of benzene rings is 3. The van der Waals surface area contributed by atoms with Crippen molar-refractivity contribution in [2.24, 2.45) is 23.3 Å². The van der Waals surface area contributed by atoms with Crippen LogP contribution in [0.15, 0.2) is 78.9 Å². The number of urea groups is 1. The number of ether oxygens (including phenoxy) is 3. The fraction of sp³-hybridized carbons (Fsp3) is 0.350. The van der Waals surface area contributed by atoms with E-state index in [0.29, 0.717) is 4.90 Å². The molecule has 1 unspecified atom stereocenters. The van der Waals surface area contributed by atoms with Crippen LogP contribution in [0.5, 0.6) is 0 Å². The zero-order valence-electron chi connectivity index (χ0n) is 32.3. The molecule has 1 heterocycles. The van der Waals surface area contributed by atoms with Crippen molar-refractivity contribution in [1.29, 1.82) is 5.41 Å². The third kappa shape index (κ3) is 9.98. The Morgan fingerprint density at radius 2 is 1.49 bits per heavy atom. The number of para-hydroxylation sites is 1. The van der Waals surface area contributed by atoms with Crippen LogP contribution in [0.25, 0.3) is 0 Å². The van der Waals surface area contributed by atoms with Crippen LogP contribution in [-0.4, -0.2) is 77.3 Å². The number of carbonyl (C=O) groups excluding carboxylic acids is 7. The van der Waals surface area contributed by atoms with Crippen LogP contribution in [0, 0.1) is 17.2 Å². The summed E-state index contributed by atoms with van der Waals surface area (Å²) in [6, 6.07) is 15.3. The fourth-order valence-corrected chi connectivity index (χ4v) is 5.88. The molecular formula is C40H47N7O10. The molecule has 0 bridgehead atoms. The maximum Gasteiger partial charge on any atom is 0.362 e. The van der Waals surface area contributed by atoms with Gasteiger partial charge in [0.2, 0.25) is 5.91 Å². The van der Waals surface area contributed by atoms with E-state index < -0.39 is 71.7 Å². The first-order valence-corrected chi connectivity index (χ1v) is 18.1. The number of hydrogen-bond donors (Lipinski definition) is 5. The van der Waals surface area contributed by atoms with E-state index in [-0.39, 0.29) is 59.1 Å². The first-order chi connectivity index (χ1) is 27.0. The second-order valence-electron chi connectivity index (χ2n) is 14.1. The molecule has 1 fully saturated rings. The molecule has 4 amide bonds. The smallest absolute Gasteiger partial charge is 0.362 e. The second kappa shape index (κ2) is 18.8. The van der Waals surface area contributed by atoms with Gasteiger partial charge in [0, 0.05) is 16.9 Å². The van der Waals surface area contributed by atoms with Gasteiger partial charge in [0.25, 0.3) is 11.6 Å². The molecule has 1 aliphatic rings. The molecule has 4 rings (SSSR count). The van der Waals surface area contributed by atoms with Crippen molar-refractivity contribution >= 4 is 58.9 Å². The zero-order valence-corrected chi connectivity index (χ0v) is 32.3. The monoisotopic (exact) mass is 785 g/mol. The summed E-state index contributed by atoms with van der Waals surface area (Å²) in [7, 11) is 0. The number of ketones is 1. The van der Waals surface area contributed by atoms with Crippen LogP contribution in [0.2, 0.25) is 0 Å². The van der Waals surface area contributed by atoms with Gasteiger partial charge in [-0.25, -0.2) is 19.3 Å². The number of nitrogens with one attached hydrogen (secondary N) is 3. The van der Waals surface area contributed by atoms with Gasteiger partial charge < -0.3 is 36.3 Å². The minimum absolute atomic E-state index is 0.0100. The van der Waals surface area contributed by atoms with Crippen LogP contribution in [0.3, 0.4) is 0 Å². The van der Waals surface area contributed by atoms with E-state index in [1.165, 1.54) is 42.5 Å². The highest BCUT2D eigenvalue weighted by molar-refractivity contribution is 6.24. The Balaban J connectivity index is 1.84. The Hall–Kier alpha value is -6.62. The van der Waals surface area contributed by atoms with E-state index >= 15 is 0 Å². The molecule has 0 radical (unpaired) electrons. The van der Waals surface area contributed by atoms with Crippen LogP contribution in [-0.2, 0) is 44.8 Å². The summed E-state index contributed by atoms with van der Waals surface area (Å²) >= 11 is 0. The molecule has 3 aromatic rings. The SMILES string of the molecule is CC(=O)[C@](C(=O)OCC(C)C)(N1C(=O)NC(c2ccc(C(=O)OCc3ccccc3)cc2NC(=N)N)C1=O)N(C(=O)[C@@H](N)CC(=O)OCC(C)C)c1ccccc1. The van der Waals surface area contributed by atoms with Gasteiger partial charge in [-0.2, -0.15) is 0 Å². The standard InChI is InChI=1S/C40H47N7O10/c1-23(2)20-55-32(49)19-30(41)34(50)46(28-14-10-7-11-15-28)40(25(5)48,37(53)57-21-24(3)4)47-35(51)33(45-39(47)54)29-17-16-27(18-31(29)44-38(42)43)36(52)56-22-26-12-8-6-9-13-26/h6-18,23-24,30,33H,19-22,41H2,1-5H3,(H,45,54)(H4,42,43,44)/t30-,33?,40+/m0/s1. The summed E-state index contributed by atoms with van der Waals surface area (Å²) < 4.78 is 16.2. The Kier molecular flexibility index (Phi) is 14.2. The number of Topliss-reactive ketones (excluding diaryl/α,β-unsaturated/α-hetero) is 1. The lowest BCUT2D eigenvalue weighted by Gasteiger charge is -2.44. The highest BCUT2D eigenvalue weighted by atomic mass is 16.5. The predicted molar refractivity (Wildman–Crippen MR) is 207 cm³/mol. The largest absolute Gasteiger partial charge is 0.465 e. The van der Waals surface area contributed by atoms with E-state index in [1.54, 1.807) is 58.0 Å². The molecule has 302 valence electrons. The number of anilines is 2. The minimum atomic E-state index is -3.15. The van der Waals surface area contributed by atoms with Crippen LogP contribution in [0.1, 0.15) is 68.6 Å². The number of carbonyl (C=O) groups is 7. The maximum absolute atomic E-state index is 14.7. The van der Waals surface area contributed by atoms with Gasteiger partial charge in [-0.3, -0.25) is 29.5 Å². The van der Waals surface area contributed by atoms with Crippen molar-refractivity contribution in [3.63, 3.8) is 0 Å². The first kappa shape index (κ1) is 43.1. The van der Waals surface area contributed by atoms with Gasteiger partial charge in [0.15, 0.2) is 11.7 Å². The molecule has 17 nitrogen and oxygen atoms in total. The number of nitrogens with two attached hydrogens (primary N) is 2. The van der Waals surface area contributed by atoms with Crippen molar-refractivity contribution in [2.45, 2.75) is 65.4 Å². The van der Waals surface area contributed by atoms with Crippen molar-refractivity contribution < 1.29 is 47.8 Å². The number of guanidine groups is 1. The van der Waals surface area contributed by atoms with E-state index in [2.05, 4.69) is 10.6 Å². The number of amides is 4. The van der Waals surface area contributed by atoms with Gasteiger partial charge in [0.05, 0.1) is 31.2 Å². The van der Waals surface area contributed by atoms with Crippen LogP contribution < -0.4 is 27.0 Å². The third-order valence-electron chi connectivity index (χ3n) is 8.51. The summed E-state index contributed by atoms with van der Waals surface area (Å²) in [5, 5.41) is 12.9. The quantitative estimate of drug-likeness (QED) is 0.0329. The van der Waals surface area contributed by atoms with Crippen LogP contribution in [0.4, 0.5) is 16.2 Å². The van der Waals surface area contributed by atoms with Crippen molar-refractivity contribution in [1.82, 2.24) is 10.2 Å². The van der Waals surface area contributed by atoms with Gasteiger partial charge in [-0.1, -0.05) is 82.3 Å². The molecule has 17 heteroatoms. The summed E-state index contributed by atoms with van der Waals surface area (Å²) in [5.41, 5.74) is 9.24. The van der Waals surface area contributed by atoms with Gasteiger partial charge in [-0.15, -0.1) is 0 Å². The molecule has 1 saturated heterocycles. The third-order valence-corrected chi connectivity index (χ3v) is 8.51. The van der Waals surface area contributed by atoms with Crippen molar-refractivity contribution in [3.8, 4) is 0 Å². The van der Waals surface area contributed by atoms with E-state index in [4.69, 9.17) is 31.1 Å². The van der Waals surface area contributed by atoms with Crippen LogP contribution >= 0.6 is 0 Å². The van der Waals surface area contributed by atoms with Gasteiger partial charge in [0.1, 0.15) is 12.6 Å². The molecule has 7 N–H and O–H groups in total. The van der Waals surface area contributed by atoms with E-state index in [1.807, 2.05) is 6.07 Å². The summed E-state index contributed by atoms with van der Waals surface area (Å²) in [6.45, 7) is 7.60. The molecule has 1 aliphatic heterocycles. The molecule has 3 aromatic carbocycles. The number of esters is 3. The maximum atomic E-state index is 14.7. The van der Waals surface area contributed by atoms with Crippen molar-refractivity contribution in [2.75, 3.05) is 23.4 Å². The minimum Gasteiger partial charge on any atom is -0.465 e. The topological polar surface area (TPSA) is 254 Å². The zero-order chi connectivity index (χ0) is 42.0. The highest BCUT2D eigenvalue weighted by Gasteiger charge is 2.65. The molecule has 0 aliphatic carbocycles. The van der Waals surface area contributed by atoms with E-state index in [0.717, 1.165) is 12.5 Å². The fourth-order valence-electron chi connectivity index (χ4n) is 5.88. The molecule has 3 atom stereocenters. The first-order valence-electron chi connectivity index (χ1n) is 18.1. The molecule has 0 aromatic heterocycles. The lowest BCUT2D eigenvalue weighted by atomic mass is 9.96. The summed E-state index contributed by atoms with van der Waals surface area (Å²) in [6.07, 6.45) is -0.688. The average molecular weight is 786 g/mol. The highest BCUT2D eigenvalue weighted by Crippen LogP contribution is 2.38. The molecule has 0 spiro atoms. The normalized spacial score (nSPS) is 15.3. The molecular weight excluding hydrogens is 738 g/mol. The lowest BCUT2D eigenvalue weighted by molar-refractivity contribution is -0.166. The second-order valence-corrected chi connectivity index (χ2v) is 14.1. The van der Waals surface area contributed by atoms with Gasteiger partial charge >= 0.3 is 23.9 Å². The Morgan fingerprint density at radius 3 is 2.07 bits per heavy atom. The summed E-state index contributed by atoms with van der Waals surface area (Å²) in [5.74, 6) is -7.59. The summed E-state index contributed by atoms with van der Waals surface area (Å²) in [4.78, 5) is 98.8. The number of hydrogen-bond acceptors (Lipinski definition) is 12. The number of nitrogens with zero attached hydrogens (tertiary/aromatic N) is 2. The van der Waals surface area contributed by atoms with Crippen molar-refractivity contribution in [3.05, 3.63) is 95.6 Å². The Labute approximate surface area is 329 Å². The Morgan fingerprint density at radius 1 is 0.895 bits per heavy atom.